The summed E-state index contributed by atoms with van der Waals surface area (Å²) in [6.07, 6.45) is 3.45. The zero-order valence-corrected chi connectivity index (χ0v) is 13.7. The number of aromatic nitrogens is 5. The molecule has 0 aliphatic carbocycles. The Morgan fingerprint density at radius 3 is 1.58 bits per heavy atom. The van der Waals surface area contributed by atoms with Gasteiger partial charge in [0.1, 0.15) is 0 Å². The van der Waals surface area contributed by atoms with Gasteiger partial charge < -0.3 is 10.6 Å². The first-order chi connectivity index (χ1) is 11.8. The molecule has 0 unspecified atom stereocenters. The lowest BCUT2D eigenvalue weighted by atomic mass is 10.2. The fraction of sp³-hybridized carbons (Fsp3) is 0.235. The standard InChI is InChI=1S/C17H19N7/c1-3-18-16-20-10-8-14(23-16)12-6-5-7-13(22-12)15-9-11-21-17(24-15)19-4-2/h5-11H,3-4H2,1-2H3,(H,18,20,23)(H,19,21,24). The molecule has 24 heavy (non-hydrogen) atoms. The van der Waals surface area contributed by atoms with Crippen molar-refractivity contribution in [1.82, 2.24) is 24.9 Å². The zero-order valence-electron chi connectivity index (χ0n) is 13.7. The molecule has 3 aromatic heterocycles. The lowest BCUT2D eigenvalue weighted by Gasteiger charge is -2.07. The van der Waals surface area contributed by atoms with Crippen molar-refractivity contribution in [3.8, 4) is 22.8 Å². The lowest BCUT2D eigenvalue weighted by molar-refractivity contribution is 1.07. The summed E-state index contributed by atoms with van der Waals surface area (Å²) < 4.78 is 0. The van der Waals surface area contributed by atoms with Gasteiger partial charge >= 0.3 is 0 Å². The Bertz CT molecular complexity index is 755. The minimum absolute atomic E-state index is 0.596. The molecule has 0 fully saturated rings. The molecular weight excluding hydrogens is 302 g/mol. The quantitative estimate of drug-likeness (QED) is 0.721. The third-order valence-electron chi connectivity index (χ3n) is 3.25. The molecule has 7 heteroatoms. The molecule has 0 aliphatic rings. The van der Waals surface area contributed by atoms with Gasteiger partial charge in [-0.15, -0.1) is 0 Å². The third kappa shape index (κ3) is 3.62. The van der Waals surface area contributed by atoms with Gasteiger partial charge in [-0.3, -0.25) is 0 Å². The predicted octanol–water partition coefficient (Wildman–Crippen LogP) is 2.86. The largest absolute Gasteiger partial charge is 0.354 e. The minimum atomic E-state index is 0.596. The molecule has 0 amide bonds. The number of nitrogens with zero attached hydrogens (tertiary/aromatic N) is 5. The molecule has 7 nitrogen and oxygen atoms in total. The summed E-state index contributed by atoms with van der Waals surface area (Å²) >= 11 is 0. The van der Waals surface area contributed by atoms with Gasteiger partial charge in [-0.25, -0.2) is 24.9 Å². The Morgan fingerprint density at radius 2 is 1.12 bits per heavy atom. The number of pyridine rings is 1. The van der Waals surface area contributed by atoms with Crippen molar-refractivity contribution in [1.29, 1.82) is 0 Å². The third-order valence-corrected chi connectivity index (χ3v) is 3.25. The number of hydrogen-bond donors (Lipinski definition) is 2. The summed E-state index contributed by atoms with van der Waals surface area (Å²) in [4.78, 5) is 22.0. The van der Waals surface area contributed by atoms with Crippen LogP contribution in [0, 0.1) is 0 Å². The van der Waals surface area contributed by atoms with E-state index in [1.807, 2.05) is 44.2 Å². The number of anilines is 2. The van der Waals surface area contributed by atoms with Crippen LogP contribution in [0.1, 0.15) is 13.8 Å². The van der Waals surface area contributed by atoms with Crippen LogP contribution >= 0.6 is 0 Å². The molecule has 0 bridgehead atoms. The van der Waals surface area contributed by atoms with Gasteiger partial charge in [0.25, 0.3) is 0 Å². The second-order valence-corrected chi connectivity index (χ2v) is 5.00. The van der Waals surface area contributed by atoms with Gasteiger partial charge in [-0.05, 0) is 38.1 Å². The normalized spacial score (nSPS) is 10.4. The number of nitrogens with one attached hydrogen (secondary N) is 2. The van der Waals surface area contributed by atoms with Crippen molar-refractivity contribution in [3.63, 3.8) is 0 Å². The van der Waals surface area contributed by atoms with Crippen molar-refractivity contribution in [2.75, 3.05) is 23.7 Å². The summed E-state index contributed by atoms with van der Waals surface area (Å²) in [6, 6.07) is 9.48. The van der Waals surface area contributed by atoms with Gasteiger partial charge in [-0.1, -0.05) is 6.07 Å². The lowest BCUT2D eigenvalue weighted by Crippen LogP contribution is -2.03. The second-order valence-electron chi connectivity index (χ2n) is 5.00. The summed E-state index contributed by atoms with van der Waals surface area (Å²) in [5.41, 5.74) is 3.09. The average Bonchev–Trinajstić information content (AvgIpc) is 2.63. The van der Waals surface area contributed by atoms with Crippen LogP contribution in [0.25, 0.3) is 22.8 Å². The van der Waals surface area contributed by atoms with Crippen molar-refractivity contribution in [3.05, 3.63) is 42.7 Å². The van der Waals surface area contributed by atoms with E-state index in [0.717, 1.165) is 35.9 Å². The first-order valence-corrected chi connectivity index (χ1v) is 7.91. The van der Waals surface area contributed by atoms with Crippen molar-refractivity contribution < 1.29 is 0 Å². The van der Waals surface area contributed by atoms with Gasteiger partial charge in [0.2, 0.25) is 11.9 Å². The molecule has 0 spiro atoms. The smallest absolute Gasteiger partial charge is 0.223 e. The first kappa shape index (κ1) is 15.8. The highest BCUT2D eigenvalue weighted by molar-refractivity contribution is 5.62. The van der Waals surface area contributed by atoms with E-state index in [1.54, 1.807) is 12.4 Å². The molecule has 0 saturated carbocycles. The Labute approximate surface area is 140 Å². The van der Waals surface area contributed by atoms with Gasteiger partial charge in [0, 0.05) is 25.5 Å². The van der Waals surface area contributed by atoms with Crippen molar-refractivity contribution in [2.24, 2.45) is 0 Å². The van der Waals surface area contributed by atoms with Gasteiger partial charge in [-0.2, -0.15) is 0 Å². The maximum Gasteiger partial charge on any atom is 0.223 e. The molecule has 3 heterocycles. The zero-order chi connectivity index (χ0) is 16.8. The molecule has 0 atom stereocenters. The van der Waals surface area contributed by atoms with E-state index in [2.05, 4.69) is 35.6 Å². The molecule has 0 aliphatic heterocycles. The maximum absolute atomic E-state index is 4.68. The van der Waals surface area contributed by atoms with Crippen LogP contribution in [0.3, 0.4) is 0 Å². The van der Waals surface area contributed by atoms with E-state index < -0.39 is 0 Å². The Kier molecular flexibility index (Phi) is 4.90. The second kappa shape index (κ2) is 7.45. The highest BCUT2D eigenvalue weighted by Crippen LogP contribution is 2.21. The highest BCUT2D eigenvalue weighted by Gasteiger charge is 2.07. The number of hydrogen-bond acceptors (Lipinski definition) is 7. The van der Waals surface area contributed by atoms with Crippen LogP contribution in [-0.4, -0.2) is 38.0 Å². The van der Waals surface area contributed by atoms with Crippen LogP contribution in [0.15, 0.2) is 42.7 Å². The number of rotatable bonds is 6. The van der Waals surface area contributed by atoms with E-state index in [4.69, 9.17) is 0 Å². The maximum atomic E-state index is 4.68. The summed E-state index contributed by atoms with van der Waals surface area (Å²) in [5.74, 6) is 1.19. The van der Waals surface area contributed by atoms with E-state index >= 15 is 0 Å². The molecule has 3 aromatic rings. The Balaban J connectivity index is 1.94. The van der Waals surface area contributed by atoms with Crippen LogP contribution in [0.2, 0.25) is 0 Å². The monoisotopic (exact) mass is 321 g/mol. The first-order valence-electron chi connectivity index (χ1n) is 7.91. The molecule has 3 rings (SSSR count). The average molecular weight is 321 g/mol. The SMILES string of the molecule is CCNc1nccc(-c2cccc(-c3ccnc(NCC)n3)n2)n1. The van der Waals surface area contributed by atoms with E-state index in [9.17, 15) is 0 Å². The summed E-state index contributed by atoms with van der Waals surface area (Å²) in [7, 11) is 0. The molecule has 2 N–H and O–H groups in total. The molecule has 0 saturated heterocycles. The Hall–Kier alpha value is -3.09. The Morgan fingerprint density at radius 1 is 0.667 bits per heavy atom. The fourth-order valence-electron chi connectivity index (χ4n) is 2.21. The van der Waals surface area contributed by atoms with Crippen LogP contribution < -0.4 is 10.6 Å². The molecule has 0 aromatic carbocycles. The van der Waals surface area contributed by atoms with E-state index in [0.29, 0.717) is 11.9 Å². The minimum Gasteiger partial charge on any atom is -0.354 e. The fourth-order valence-corrected chi connectivity index (χ4v) is 2.21. The van der Waals surface area contributed by atoms with Gasteiger partial charge in [0.05, 0.1) is 22.8 Å². The summed E-state index contributed by atoms with van der Waals surface area (Å²) in [6.45, 7) is 5.55. The van der Waals surface area contributed by atoms with Crippen LogP contribution in [0.4, 0.5) is 11.9 Å². The van der Waals surface area contributed by atoms with Gasteiger partial charge in [0.15, 0.2) is 0 Å². The molecular formula is C17H19N7. The topological polar surface area (TPSA) is 88.5 Å². The summed E-state index contributed by atoms with van der Waals surface area (Å²) in [5, 5.41) is 6.21. The van der Waals surface area contributed by atoms with Crippen molar-refractivity contribution in [2.45, 2.75) is 13.8 Å². The molecule has 122 valence electrons. The van der Waals surface area contributed by atoms with Crippen LogP contribution in [0.5, 0.6) is 0 Å². The predicted molar refractivity (Wildman–Crippen MR) is 94.6 cm³/mol. The highest BCUT2D eigenvalue weighted by atomic mass is 15.1. The van der Waals surface area contributed by atoms with Crippen molar-refractivity contribution >= 4 is 11.9 Å². The van der Waals surface area contributed by atoms with E-state index in [1.165, 1.54) is 0 Å². The molecule has 0 radical (unpaired) electrons. The van der Waals surface area contributed by atoms with E-state index in [-0.39, 0.29) is 0 Å². The van der Waals surface area contributed by atoms with Crippen LogP contribution in [-0.2, 0) is 0 Å².